The molecule has 10 aromatic rings. The molecule has 3 heterocycles. The van der Waals surface area contributed by atoms with Crippen LogP contribution in [0.1, 0.15) is 22.6 Å². The third kappa shape index (κ3) is 4.56. The van der Waals surface area contributed by atoms with Gasteiger partial charge in [-0.2, -0.15) is 0 Å². The van der Waals surface area contributed by atoms with Gasteiger partial charge in [-0.3, -0.25) is 0 Å². The second kappa shape index (κ2) is 11.6. The van der Waals surface area contributed by atoms with Crippen LogP contribution in [0.15, 0.2) is 162 Å². The van der Waals surface area contributed by atoms with Gasteiger partial charge in [-0.15, -0.1) is 11.3 Å². The molecule has 0 amide bonds. The van der Waals surface area contributed by atoms with E-state index in [1.807, 2.05) is 72.0 Å². The summed E-state index contributed by atoms with van der Waals surface area (Å²) in [6, 6.07) is 55.6. The highest BCUT2D eigenvalue weighted by Gasteiger charge is 2.29. The van der Waals surface area contributed by atoms with Crippen LogP contribution >= 0.6 is 11.3 Å². The summed E-state index contributed by atoms with van der Waals surface area (Å²) in [4.78, 5) is 14.9. The minimum atomic E-state index is 0.211. The van der Waals surface area contributed by atoms with Crippen LogP contribution < -0.4 is 0 Å². The molecular formula is C47H29N3OS. The Bertz CT molecular complexity index is 2940. The largest absolute Gasteiger partial charge is 0.455 e. The summed E-state index contributed by atoms with van der Waals surface area (Å²) < 4.78 is 9.43. The van der Waals surface area contributed by atoms with Crippen LogP contribution in [0.25, 0.3) is 87.4 Å². The van der Waals surface area contributed by atoms with Crippen LogP contribution in [0.4, 0.5) is 0 Å². The lowest BCUT2D eigenvalue weighted by Gasteiger charge is -2.29. The lowest BCUT2D eigenvalue weighted by Crippen LogP contribution is -2.12. The normalized spacial score (nSPS) is 13.9. The molecule has 244 valence electrons. The molecule has 0 saturated heterocycles. The van der Waals surface area contributed by atoms with E-state index < -0.39 is 0 Å². The third-order valence-corrected chi connectivity index (χ3v) is 11.8. The van der Waals surface area contributed by atoms with Crippen molar-refractivity contribution in [1.29, 1.82) is 0 Å². The van der Waals surface area contributed by atoms with E-state index in [2.05, 4.69) is 97.1 Å². The number of hydrogen-bond acceptors (Lipinski definition) is 5. The Morgan fingerprint density at radius 3 is 1.98 bits per heavy atom. The Morgan fingerprint density at radius 2 is 1.17 bits per heavy atom. The van der Waals surface area contributed by atoms with Gasteiger partial charge in [0.25, 0.3) is 0 Å². The first-order valence-electron chi connectivity index (χ1n) is 17.6. The van der Waals surface area contributed by atoms with Crippen molar-refractivity contribution < 1.29 is 4.42 Å². The van der Waals surface area contributed by atoms with E-state index in [9.17, 15) is 0 Å². The smallest absolute Gasteiger partial charge is 0.167 e. The molecule has 0 fully saturated rings. The Kier molecular flexibility index (Phi) is 6.51. The van der Waals surface area contributed by atoms with Crippen LogP contribution in [-0.4, -0.2) is 15.0 Å². The lowest BCUT2D eigenvalue weighted by molar-refractivity contribution is 0.669. The van der Waals surface area contributed by atoms with E-state index in [0.717, 1.165) is 45.0 Å². The molecule has 7 aromatic carbocycles. The van der Waals surface area contributed by atoms with Crippen LogP contribution in [-0.2, 0) is 6.42 Å². The number of hydrogen-bond donors (Lipinski definition) is 0. The van der Waals surface area contributed by atoms with Crippen LogP contribution in [0.5, 0.6) is 0 Å². The van der Waals surface area contributed by atoms with Crippen molar-refractivity contribution in [2.24, 2.45) is 0 Å². The number of nitrogens with zero attached hydrogens (tertiary/aromatic N) is 3. The van der Waals surface area contributed by atoms with Crippen molar-refractivity contribution in [3.05, 3.63) is 174 Å². The molecule has 3 aromatic heterocycles. The van der Waals surface area contributed by atoms with Crippen molar-refractivity contribution in [3.63, 3.8) is 0 Å². The number of para-hydroxylation sites is 1. The van der Waals surface area contributed by atoms with Crippen molar-refractivity contribution in [2.75, 3.05) is 0 Å². The minimum absolute atomic E-state index is 0.211. The fourth-order valence-corrected chi connectivity index (χ4v) is 9.35. The van der Waals surface area contributed by atoms with Gasteiger partial charge in [0.2, 0.25) is 0 Å². The molecule has 1 unspecified atom stereocenters. The molecule has 11 rings (SSSR count). The van der Waals surface area contributed by atoms with Gasteiger partial charge in [-0.05, 0) is 58.5 Å². The minimum Gasteiger partial charge on any atom is -0.455 e. The Balaban J connectivity index is 1.07. The van der Waals surface area contributed by atoms with Gasteiger partial charge in [0.1, 0.15) is 11.2 Å². The van der Waals surface area contributed by atoms with Crippen molar-refractivity contribution in [3.8, 4) is 45.3 Å². The quantitative estimate of drug-likeness (QED) is 0.185. The zero-order valence-corrected chi connectivity index (χ0v) is 28.8. The zero-order chi connectivity index (χ0) is 34.2. The average Bonchev–Trinajstić information content (AvgIpc) is 3.79. The fourth-order valence-electron chi connectivity index (χ4n) is 8.10. The molecule has 5 heteroatoms. The van der Waals surface area contributed by atoms with Crippen molar-refractivity contribution >= 4 is 53.4 Å². The molecule has 52 heavy (non-hydrogen) atoms. The highest BCUT2D eigenvalue weighted by molar-refractivity contribution is 7.26. The first kappa shape index (κ1) is 29.3. The van der Waals surface area contributed by atoms with Crippen molar-refractivity contribution in [1.82, 2.24) is 15.0 Å². The Hall–Kier alpha value is -6.43. The molecule has 0 aliphatic heterocycles. The Morgan fingerprint density at radius 1 is 0.500 bits per heavy atom. The van der Waals surface area contributed by atoms with E-state index in [4.69, 9.17) is 19.4 Å². The lowest BCUT2D eigenvalue weighted by atomic mass is 9.75. The highest BCUT2D eigenvalue weighted by atomic mass is 32.1. The summed E-state index contributed by atoms with van der Waals surface area (Å²) in [5.41, 5.74) is 11.1. The first-order chi connectivity index (χ1) is 25.8. The van der Waals surface area contributed by atoms with Gasteiger partial charge >= 0.3 is 0 Å². The van der Waals surface area contributed by atoms with Gasteiger partial charge in [-0.25, -0.2) is 15.0 Å². The third-order valence-electron chi connectivity index (χ3n) is 10.5. The molecular weight excluding hydrogens is 655 g/mol. The SMILES string of the molecule is c1ccc(-c2nc(-c3ccccc3)nc(-c3cccc4c3oc3ccc(C5Cc6c(ccc7c6sc6ccccc67)-c6ccccc65)cc34)n2)cc1. The molecule has 0 saturated carbocycles. The van der Waals surface area contributed by atoms with Crippen LogP contribution in [0.3, 0.4) is 0 Å². The number of furan rings is 1. The van der Waals surface area contributed by atoms with E-state index >= 15 is 0 Å². The average molecular weight is 684 g/mol. The monoisotopic (exact) mass is 683 g/mol. The van der Waals surface area contributed by atoms with E-state index in [-0.39, 0.29) is 5.92 Å². The van der Waals surface area contributed by atoms with E-state index in [1.54, 1.807) is 0 Å². The number of thiophene rings is 1. The molecule has 0 spiro atoms. The predicted octanol–water partition coefficient (Wildman–Crippen LogP) is 12.5. The molecule has 1 aliphatic rings. The summed E-state index contributed by atoms with van der Waals surface area (Å²) in [6.07, 6.45) is 0.943. The molecule has 0 N–H and O–H groups in total. The Labute approximate surface area is 303 Å². The summed E-state index contributed by atoms with van der Waals surface area (Å²) in [7, 11) is 0. The summed E-state index contributed by atoms with van der Waals surface area (Å²) in [5.74, 6) is 2.05. The van der Waals surface area contributed by atoms with E-state index in [1.165, 1.54) is 48.0 Å². The van der Waals surface area contributed by atoms with Crippen LogP contribution in [0.2, 0.25) is 0 Å². The summed E-state index contributed by atoms with van der Waals surface area (Å²) in [5, 5.41) is 4.84. The fraction of sp³-hybridized carbons (Fsp3) is 0.0426. The number of aromatic nitrogens is 3. The molecule has 1 aliphatic carbocycles. The van der Waals surface area contributed by atoms with Gasteiger partial charge in [0.15, 0.2) is 17.5 Å². The summed E-state index contributed by atoms with van der Waals surface area (Å²) >= 11 is 1.92. The van der Waals surface area contributed by atoms with E-state index in [0.29, 0.717) is 17.5 Å². The molecule has 4 nitrogen and oxygen atoms in total. The number of fused-ring (bicyclic) bond motifs is 10. The molecule has 1 atom stereocenters. The number of rotatable bonds is 4. The highest BCUT2D eigenvalue weighted by Crippen LogP contribution is 2.49. The van der Waals surface area contributed by atoms with Crippen LogP contribution in [0, 0.1) is 0 Å². The molecule has 0 radical (unpaired) electrons. The van der Waals surface area contributed by atoms with Gasteiger partial charge in [0, 0.05) is 48.0 Å². The topological polar surface area (TPSA) is 51.8 Å². The number of benzene rings is 7. The van der Waals surface area contributed by atoms with Crippen molar-refractivity contribution in [2.45, 2.75) is 12.3 Å². The zero-order valence-electron chi connectivity index (χ0n) is 28.0. The molecule has 0 bridgehead atoms. The summed E-state index contributed by atoms with van der Waals surface area (Å²) in [6.45, 7) is 0. The maximum atomic E-state index is 6.69. The second-order valence-corrected chi connectivity index (χ2v) is 14.5. The maximum absolute atomic E-state index is 6.69. The standard InChI is InChI=1S/C47H29N3OS/c1-3-12-28(13-4-1)45-48-46(29-14-5-2-6-15-29)50-47(49-45)37-20-11-19-35-39-26-30(22-25-41(39)51-43(35)37)38-27-40-33(31-16-7-8-17-32(31)38)23-24-36-34-18-9-10-21-42(34)52-44(36)40/h1-26,38H,27H2. The maximum Gasteiger partial charge on any atom is 0.167 e. The van der Waals surface area contributed by atoms with Gasteiger partial charge in [-0.1, -0.05) is 133 Å². The second-order valence-electron chi connectivity index (χ2n) is 13.5. The first-order valence-corrected chi connectivity index (χ1v) is 18.4. The van der Waals surface area contributed by atoms with Gasteiger partial charge in [0.05, 0.1) is 5.56 Å². The van der Waals surface area contributed by atoms with Gasteiger partial charge < -0.3 is 4.42 Å². The predicted molar refractivity (Wildman–Crippen MR) is 214 cm³/mol.